The molecule has 8 heteroatoms. The third-order valence-corrected chi connectivity index (χ3v) is 6.00. The van der Waals surface area contributed by atoms with E-state index < -0.39 is 5.25 Å². The van der Waals surface area contributed by atoms with Crippen LogP contribution in [0.4, 0.5) is 0 Å². The lowest BCUT2D eigenvalue weighted by molar-refractivity contribution is -0.120. The molecule has 3 aromatic rings. The highest BCUT2D eigenvalue weighted by Gasteiger charge is 2.19. The van der Waals surface area contributed by atoms with Crippen LogP contribution in [-0.2, 0) is 17.9 Å². The Kier molecular flexibility index (Phi) is 6.65. The molecule has 142 valence electrons. The predicted molar refractivity (Wildman–Crippen MR) is 109 cm³/mol. The van der Waals surface area contributed by atoms with Gasteiger partial charge in [0, 0.05) is 18.0 Å². The number of thioether (sulfide) groups is 1. The predicted octanol–water partition coefficient (Wildman–Crippen LogP) is 2.64. The second kappa shape index (κ2) is 9.16. The first-order valence-corrected chi connectivity index (χ1v) is 10.4. The highest BCUT2D eigenvalue weighted by Crippen LogP contribution is 2.23. The Labute approximate surface area is 165 Å². The number of thiophene rings is 1. The van der Waals surface area contributed by atoms with E-state index in [0.717, 1.165) is 4.88 Å². The first-order valence-electron chi connectivity index (χ1n) is 8.67. The average molecular weight is 404 g/mol. The lowest BCUT2D eigenvalue weighted by atomic mass is 10.2. The fourth-order valence-electron chi connectivity index (χ4n) is 2.61. The summed E-state index contributed by atoms with van der Waals surface area (Å²) in [4.78, 5) is 30.9. The number of carbonyl (C=O) groups excluding carboxylic acids is 1. The van der Waals surface area contributed by atoms with Gasteiger partial charge in [-0.1, -0.05) is 30.0 Å². The summed E-state index contributed by atoms with van der Waals surface area (Å²) < 4.78 is 1.55. The van der Waals surface area contributed by atoms with Gasteiger partial charge in [-0.25, -0.2) is 4.98 Å². The van der Waals surface area contributed by atoms with Crippen molar-refractivity contribution in [3.05, 3.63) is 57.0 Å². The molecule has 1 amide bonds. The van der Waals surface area contributed by atoms with Crippen LogP contribution in [0.2, 0.25) is 0 Å². The molecule has 0 spiro atoms. The zero-order valence-corrected chi connectivity index (χ0v) is 16.6. The Morgan fingerprint density at radius 3 is 2.89 bits per heavy atom. The van der Waals surface area contributed by atoms with Crippen molar-refractivity contribution in [2.24, 2.45) is 0 Å². The van der Waals surface area contributed by atoms with Crippen molar-refractivity contribution >= 4 is 39.9 Å². The molecule has 27 heavy (non-hydrogen) atoms. The zero-order chi connectivity index (χ0) is 19.2. The summed E-state index contributed by atoms with van der Waals surface area (Å²) in [6.07, 6.45) is 0.451. The van der Waals surface area contributed by atoms with Gasteiger partial charge in [-0.05, 0) is 36.9 Å². The number of nitrogens with zero attached hydrogens (tertiary/aromatic N) is 2. The molecule has 2 aromatic heterocycles. The second-order valence-electron chi connectivity index (χ2n) is 6.00. The summed E-state index contributed by atoms with van der Waals surface area (Å²) in [6.45, 7) is 2.63. The molecule has 0 fully saturated rings. The van der Waals surface area contributed by atoms with E-state index in [9.17, 15) is 9.59 Å². The minimum atomic E-state index is -0.404. The SMILES string of the molecule is CC(Sc1nc2ccccc2c(=O)n1CCCO)C(=O)NCc1cccs1. The number of benzene rings is 1. The molecule has 0 saturated heterocycles. The summed E-state index contributed by atoms with van der Waals surface area (Å²) in [6, 6.07) is 11.1. The first kappa shape index (κ1) is 19.6. The molecular formula is C19H21N3O3S2. The number of nitrogens with one attached hydrogen (secondary N) is 1. The summed E-state index contributed by atoms with van der Waals surface area (Å²) in [7, 11) is 0. The maximum absolute atomic E-state index is 12.8. The van der Waals surface area contributed by atoms with Crippen LogP contribution >= 0.6 is 23.1 Å². The molecular weight excluding hydrogens is 382 g/mol. The molecule has 0 radical (unpaired) electrons. The number of hydrogen-bond donors (Lipinski definition) is 2. The highest BCUT2D eigenvalue weighted by atomic mass is 32.2. The van der Waals surface area contributed by atoms with E-state index in [4.69, 9.17) is 5.11 Å². The first-order chi connectivity index (χ1) is 13.1. The van der Waals surface area contributed by atoms with Crippen molar-refractivity contribution in [2.75, 3.05) is 6.61 Å². The van der Waals surface area contributed by atoms with Crippen LogP contribution in [0.1, 0.15) is 18.2 Å². The van der Waals surface area contributed by atoms with Gasteiger partial charge in [0.25, 0.3) is 5.56 Å². The molecule has 1 unspecified atom stereocenters. The fraction of sp³-hybridized carbons (Fsp3) is 0.316. The van der Waals surface area contributed by atoms with Crippen molar-refractivity contribution < 1.29 is 9.90 Å². The van der Waals surface area contributed by atoms with Crippen molar-refractivity contribution in [1.29, 1.82) is 0 Å². The molecule has 0 bridgehead atoms. The number of aliphatic hydroxyl groups excluding tert-OH is 1. The number of amides is 1. The van der Waals surface area contributed by atoms with Crippen LogP contribution < -0.4 is 10.9 Å². The standard InChI is InChI=1S/C19H21N3O3S2/c1-13(17(24)20-12-14-6-4-11-26-14)27-19-21-16-8-3-2-7-15(16)18(25)22(19)9-5-10-23/h2-4,6-8,11,13,23H,5,9-10,12H2,1H3,(H,20,24). The molecule has 1 atom stereocenters. The zero-order valence-electron chi connectivity index (χ0n) is 14.9. The van der Waals surface area contributed by atoms with E-state index in [0.29, 0.717) is 35.6 Å². The molecule has 0 saturated carbocycles. The van der Waals surface area contributed by atoms with Gasteiger partial charge in [0.2, 0.25) is 5.91 Å². The highest BCUT2D eigenvalue weighted by molar-refractivity contribution is 8.00. The van der Waals surface area contributed by atoms with Crippen LogP contribution in [0.15, 0.2) is 51.7 Å². The molecule has 6 nitrogen and oxygen atoms in total. The van der Waals surface area contributed by atoms with Gasteiger partial charge in [0.1, 0.15) is 0 Å². The molecule has 1 aromatic carbocycles. The number of rotatable bonds is 8. The van der Waals surface area contributed by atoms with Crippen molar-refractivity contribution in [1.82, 2.24) is 14.9 Å². The fourth-order valence-corrected chi connectivity index (χ4v) is 4.21. The number of aliphatic hydroxyl groups is 1. The molecule has 0 aliphatic heterocycles. The quantitative estimate of drug-likeness (QED) is 0.446. The van der Waals surface area contributed by atoms with Gasteiger partial charge in [-0.3, -0.25) is 14.2 Å². The third kappa shape index (κ3) is 4.77. The van der Waals surface area contributed by atoms with E-state index in [2.05, 4.69) is 10.3 Å². The average Bonchev–Trinajstić information content (AvgIpc) is 3.19. The largest absolute Gasteiger partial charge is 0.396 e. The van der Waals surface area contributed by atoms with Crippen molar-refractivity contribution in [3.63, 3.8) is 0 Å². The van der Waals surface area contributed by atoms with Crippen LogP contribution in [0, 0.1) is 0 Å². The second-order valence-corrected chi connectivity index (χ2v) is 8.34. The summed E-state index contributed by atoms with van der Waals surface area (Å²) in [5.41, 5.74) is 0.458. The van der Waals surface area contributed by atoms with Crippen LogP contribution in [0.5, 0.6) is 0 Å². The van der Waals surface area contributed by atoms with Crippen LogP contribution in [0.25, 0.3) is 10.9 Å². The number of hydrogen-bond acceptors (Lipinski definition) is 6. The maximum Gasteiger partial charge on any atom is 0.262 e. The summed E-state index contributed by atoms with van der Waals surface area (Å²) in [5, 5.41) is 14.7. The number of fused-ring (bicyclic) bond motifs is 1. The summed E-state index contributed by atoms with van der Waals surface area (Å²) >= 11 is 2.85. The molecule has 0 aliphatic rings. The Balaban J connectivity index is 1.81. The lowest BCUT2D eigenvalue weighted by Gasteiger charge is -2.16. The molecule has 3 rings (SSSR count). The van der Waals surface area contributed by atoms with E-state index in [1.54, 1.807) is 41.0 Å². The minimum absolute atomic E-state index is 0.0137. The van der Waals surface area contributed by atoms with Gasteiger partial charge in [-0.15, -0.1) is 11.3 Å². The van der Waals surface area contributed by atoms with E-state index in [1.165, 1.54) is 11.8 Å². The Morgan fingerprint density at radius 2 is 2.15 bits per heavy atom. The smallest absolute Gasteiger partial charge is 0.262 e. The Morgan fingerprint density at radius 1 is 1.33 bits per heavy atom. The van der Waals surface area contributed by atoms with E-state index in [1.807, 2.05) is 23.6 Å². The molecule has 2 N–H and O–H groups in total. The number of para-hydroxylation sites is 1. The van der Waals surface area contributed by atoms with Gasteiger partial charge in [-0.2, -0.15) is 0 Å². The van der Waals surface area contributed by atoms with Crippen molar-refractivity contribution in [2.45, 2.75) is 36.8 Å². The van der Waals surface area contributed by atoms with Crippen molar-refractivity contribution in [3.8, 4) is 0 Å². The molecule has 2 heterocycles. The lowest BCUT2D eigenvalue weighted by Crippen LogP contribution is -2.31. The third-order valence-electron chi connectivity index (χ3n) is 4.03. The van der Waals surface area contributed by atoms with Gasteiger partial charge >= 0.3 is 0 Å². The van der Waals surface area contributed by atoms with Crippen LogP contribution in [-0.4, -0.2) is 32.4 Å². The van der Waals surface area contributed by atoms with Gasteiger partial charge < -0.3 is 10.4 Å². The molecule has 0 aliphatic carbocycles. The topological polar surface area (TPSA) is 84.2 Å². The Bertz CT molecular complexity index is 970. The number of carbonyl (C=O) groups is 1. The van der Waals surface area contributed by atoms with Crippen LogP contribution in [0.3, 0.4) is 0 Å². The number of aromatic nitrogens is 2. The van der Waals surface area contributed by atoms with E-state index in [-0.39, 0.29) is 18.1 Å². The maximum atomic E-state index is 12.8. The Hall–Kier alpha value is -2.16. The van der Waals surface area contributed by atoms with Gasteiger partial charge in [0.15, 0.2) is 5.16 Å². The summed E-state index contributed by atoms with van der Waals surface area (Å²) in [5.74, 6) is -0.107. The van der Waals surface area contributed by atoms with E-state index >= 15 is 0 Å². The van der Waals surface area contributed by atoms with Gasteiger partial charge in [0.05, 0.1) is 22.7 Å². The normalized spacial score (nSPS) is 12.2. The monoisotopic (exact) mass is 403 g/mol. The minimum Gasteiger partial charge on any atom is -0.396 e.